The number of carbonyl (C=O) groups excluding carboxylic acids is 4. The molecule has 1 aliphatic heterocycles. The standard InChI is InChI=1S/C32H25F9N6O7/c1-29(2,3)22-18(52-26(49)30(33,34)35)13-15(23(53-27(50)31(36,37)38)24(22)54-28(51)32(39,40)41)25(48)44-19-14-47-20(43-19)9-10-21(45-47)46-12-6-8-17(46)16-7-4-5-11-42-16/h4-5,7,9-11,13-14,17H,6,8,12H2,1-3H3,(H,44,48). The molecule has 0 saturated carbocycles. The maximum absolute atomic E-state index is 13.7. The topological polar surface area (TPSA) is 154 Å². The van der Waals surface area contributed by atoms with Crippen LogP contribution in [0.3, 0.4) is 0 Å². The normalized spacial score (nSPS) is 15.3. The number of fused-ring (bicyclic) bond motifs is 1. The van der Waals surface area contributed by atoms with E-state index in [9.17, 15) is 58.7 Å². The first kappa shape index (κ1) is 39.3. The molecule has 1 N–H and O–H groups in total. The Morgan fingerprint density at radius 2 is 1.43 bits per heavy atom. The van der Waals surface area contributed by atoms with Gasteiger partial charge in [0.25, 0.3) is 5.91 Å². The van der Waals surface area contributed by atoms with Gasteiger partial charge in [-0.15, -0.1) is 5.10 Å². The molecule has 0 radical (unpaired) electrons. The number of esters is 3. The van der Waals surface area contributed by atoms with E-state index in [0.717, 1.165) is 45.5 Å². The Bertz CT molecular complexity index is 2110. The van der Waals surface area contributed by atoms with E-state index in [2.05, 4.69) is 34.6 Å². The van der Waals surface area contributed by atoms with Crippen molar-refractivity contribution < 1.29 is 72.9 Å². The summed E-state index contributed by atoms with van der Waals surface area (Å²) in [7, 11) is 0. The number of benzene rings is 1. The zero-order valence-electron chi connectivity index (χ0n) is 27.8. The fraction of sp³-hybridized carbons (Fsp3) is 0.344. The first-order valence-electron chi connectivity index (χ1n) is 15.4. The number of hydrogen-bond donors (Lipinski definition) is 1. The third-order valence-electron chi connectivity index (χ3n) is 7.60. The summed E-state index contributed by atoms with van der Waals surface area (Å²) in [5, 5.41) is 6.55. The van der Waals surface area contributed by atoms with Crippen LogP contribution < -0.4 is 24.4 Å². The summed E-state index contributed by atoms with van der Waals surface area (Å²) in [6.07, 6.45) is -13.2. The summed E-state index contributed by atoms with van der Waals surface area (Å²) in [5.41, 5.74) is -3.55. The van der Waals surface area contributed by atoms with Gasteiger partial charge < -0.3 is 24.4 Å². The van der Waals surface area contributed by atoms with Crippen LogP contribution in [-0.2, 0) is 19.8 Å². The van der Waals surface area contributed by atoms with Crippen molar-refractivity contribution in [2.75, 3.05) is 16.8 Å². The summed E-state index contributed by atoms with van der Waals surface area (Å²) in [5.74, 6) is -15.9. The molecule has 22 heteroatoms. The Morgan fingerprint density at radius 3 is 2.00 bits per heavy atom. The van der Waals surface area contributed by atoms with Crippen LogP contribution in [0.25, 0.3) is 5.65 Å². The van der Waals surface area contributed by atoms with Gasteiger partial charge in [-0.2, -0.15) is 39.5 Å². The highest BCUT2D eigenvalue weighted by atomic mass is 19.4. The van der Waals surface area contributed by atoms with Gasteiger partial charge in [-0.1, -0.05) is 26.8 Å². The highest BCUT2D eigenvalue weighted by Gasteiger charge is 2.48. The molecule has 1 aromatic carbocycles. The van der Waals surface area contributed by atoms with Crippen molar-refractivity contribution in [3.63, 3.8) is 0 Å². The molecule has 3 aromatic heterocycles. The lowest BCUT2D eigenvalue weighted by Crippen LogP contribution is -2.33. The minimum atomic E-state index is -5.89. The van der Waals surface area contributed by atoms with Crippen LogP contribution in [0.2, 0.25) is 0 Å². The molecule has 0 bridgehead atoms. The van der Waals surface area contributed by atoms with E-state index < -0.39 is 82.0 Å². The number of halogens is 9. The molecule has 0 aliphatic carbocycles. The van der Waals surface area contributed by atoms with E-state index in [1.807, 2.05) is 17.0 Å². The van der Waals surface area contributed by atoms with Crippen molar-refractivity contribution in [1.82, 2.24) is 19.6 Å². The lowest BCUT2D eigenvalue weighted by atomic mass is 9.84. The molecule has 1 unspecified atom stereocenters. The quantitative estimate of drug-likeness (QED) is 0.126. The monoisotopic (exact) mass is 776 g/mol. The molecule has 54 heavy (non-hydrogen) atoms. The summed E-state index contributed by atoms with van der Waals surface area (Å²) in [4.78, 5) is 60.0. The van der Waals surface area contributed by atoms with Crippen LogP contribution in [0.15, 0.2) is 48.8 Å². The van der Waals surface area contributed by atoms with Gasteiger partial charge in [0.1, 0.15) is 11.6 Å². The van der Waals surface area contributed by atoms with Gasteiger partial charge in [0, 0.05) is 18.3 Å². The number of ether oxygens (including phenoxy) is 3. The molecule has 1 fully saturated rings. The lowest BCUT2D eigenvalue weighted by molar-refractivity contribution is -0.192. The van der Waals surface area contributed by atoms with Crippen molar-refractivity contribution >= 4 is 41.1 Å². The summed E-state index contributed by atoms with van der Waals surface area (Å²) >= 11 is 0. The van der Waals surface area contributed by atoms with Crippen LogP contribution in [-0.4, -0.2) is 68.5 Å². The van der Waals surface area contributed by atoms with E-state index in [1.165, 1.54) is 10.6 Å². The van der Waals surface area contributed by atoms with E-state index in [1.54, 1.807) is 18.3 Å². The van der Waals surface area contributed by atoms with Crippen molar-refractivity contribution in [2.45, 2.75) is 63.6 Å². The first-order valence-corrected chi connectivity index (χ1v) is 15.4. The molecule has 1 amide bonds. The maximum Gasteiger partial charge on any atom is 0.491 e. The number of aromatic nitrogens is 4. The molecular formula is C32H25F9N6O7. The number of anilines is 2. The Balaban J connectivity index is 1.62. The largest absolute Gasteiger partial charge is 0.491 e. The number of amides is 1. The van der Waals surface area contributed by atoms with Crippen LogP contribution in [0.5, 0.6) is 17.2 Å². The minimum Gasteiger partial charge on any atom is -0.419 e. The number of nitrogens with zero attached hydrogens (tertiary/aromatic N) is 5. The SMILES string of the molecule is CC(C)(C)c1c(OC(=O)C(F)(F)F)cc(C(=O)Nc2cn3nc(N4CCCC4c4ccccn4)ccc3n2)c(OC(=O)C(F)(F)F)c1OC(=O)C(F)(F)F. The van der Waals surface area contributed by atoms with E-state index in [0.29, 0.717) is 12.4 Å². The van der Waals surface area contributed by atoms with Gasteiger partial charge in [-0.25, -0.2) is 23.9 Å². The van der Waals surface area contributed by atoms with Crippen molar-refractivity contribution in [2.24, 2.45) is 0 Å². The second-order valence-corrected chi connectivity index (χ2v) is 12.5. The van der Waals surface area contributed by atoms with Crippen molar-refractivity contribution in [3.8, 4) is 17.2 Å². The number of alkyl halides is 9. The van der Waals surface area contributed by atoms with Gasteiger partial charge in [0.05, 0.1) is 23.5 Å². The molecule has 288 valence electrons. The van der Waals surface area contributed by atoms with Crippen molar-refractivity contribution in [1.29, 1.82) is 0 Å². The van der Waals surface area contributed by atoms with E-state index in [4.69, 9.17) is 0 Å². The Morgan fingerprint density at radius 1 is 0.815 bits per heavy atom. The van der Waals surface area contributed by atoms with Crippen LogP contribution in [0, 0.1) is 0 Å². The van der Waals surface area contributed by atoms with Gasteiger partial charge in [0.2, 0.25) is 0 Å². The van der Waals surface area contributed by atoms with E-state index >= 15 is 0 Å². The van der Waals surface area contributed by atoms with Crippen LogP contribution in [0.1, 0.15) is 61.3 Å². The highest BCUT2D eigenvalue weighted by molar-refractivity contribution is 6.08. The van der Waals surface area contributed by atoms with Gasteiger partial charge in [-0.05, 0) is 48.6 Å². The molecule has 4 heterocycles. The number of pyridine rings is 1. The maximum atomic E-state index is 13.7. The second kappa shape index (κ2) is 14.1. The smallest absolute Gasteiger partial charge is 0.419 e. The predicted molar refractivity (Wildman–Crippen MR) is 165 cm³/mol. The van der Waals surface area contributed by atoms with E-state index in [-0.39, 0.29) is 17.8 Å². The summed E-state index contributed by atoms with van der Waals surface area (Å²) in [6, 6.07) is 8.53. The lowest BCUT2D eigenvalue weighted by Gasteiger charge is -2.28. The third kappa shape index (κ3) is 8.46. The molecule has 1 aliphatic rings. The molecule has 13 nitrogen and oxygen atoms in total. The molecule has 1 saturated heterocycles. The highest BCUT2D eigenvalue weighted by Crippen LogP contribution is 2.49. The Labute approximate surface area is 297 Å². The number of hydrogen-bond acceptors (Lipinski definition) is 11. The second-order valence-electron chi connectivity index (χ2n) is 12.5. The summed E-state index contributed by atoms with van der Waals surface area (Å²) < 4.78 is 134. The molecule has 5 rings (SSSR count). The average molecular weight is 777 g/mol. The number of rotatable bonds is 7. The number of nitrogens with one attached hydrogen (secondary N) is 1. The van der Waals surface area contributed by atoms with Crippen LogP contribution in [0.4, 0.5) is 51.1 Å². The van der Waals surface area contributed by atoms with Crippen molar-refractivity contribution in [3.05, 3.63) is 65.6 Å². The first-order chi connectivity index (χ1) is 24.9. The van der Waals surface area contributed by atoms with Crippen LogP contribution >= 0.6 is 0 Å². The number of imidazole rings is 1. The zero-order chi connectivity index (χ0) is 40.0. The molecule has 0 spiro atoms. The zero-order valence-corrected chi connectivity index (χ0v) is 27.8. The fourth-order valence-electron chi connectivity index (χ4n) is 5.42. The average Bonchev–Trinajstić information content (AvgIpc) is 3.70. The predicted octanol–water partition coefficient (Wildman–Crippen LogP) is 6.42. The minimum absolute atomic E-state index is 0.0778. The van der Waals surface area contributed by atoms with Gasteiger partial charge in [0.15, 0.2) is 23.0 Å². The summed E-state index contributed by atoms with van der Waals surface area (Å²) in [6.45, 7) is 3.73. The molecular weight excluding hydrogens is 751 g/mol. The fourth-order valence-corrected chi connectivity index (χ4v) is 5.42. The molecule has 4 aromatic rings. The number of carbonyl (C=O) groups is 4. The molecule has 1 atom stereocenters. The third-order valence-corrected chi connectivity index (χ3v) is 7.60. The van der Waals surface area contributed by atoms with Gasteiger partial charge >= 0.3 is 36.4 Å². The Hall–Kier alpha value is -5.96. The Kier molecular flexibility index (Phi) is 10.3. The van der Waals surface area contributed by atoms with Gasteiger partial charge in [-0.3, -0.25) is 9.78 Å².